The van der Waals surface area contributed by atoms with Gasteiger partial charge >= 0.3 is 5.97 Å². The highest BCUT2D eigenvalue weighted by molar-refractivity contribution is 5.95. The zero-order chi connectivity index (χ0) is 27.3. The van der Waals surface area contributed by atoms with Crippen molar-refractivity contribution in [1.82, 2.24) is 26.6 Å². The van der Waals surface area contributed by atoms with Gasteiger partial charge in [-0.15, -0.1) is 0 Å². The predicted octanol–water partition coefficient (Wildman–Crippen LogP) is -4.48. The number of carboxylic acids is 1. The molecule has 0 spiro atoms. The van der Waals surface area contributed by atoms with Gasteiger partial charge < -0.3 is 47.6 Å². The summed E-state index contributed by atoms with van der Waals surface area (Å²) in [6, 6.07) is -5.34. The number of rotatable bonds is 15. The molecule has 0 bridgehead atoms. The lowest BCUT2D eigenvalue weighted by Crippen LogP contribution is -2.60. The van der Waals surface area contributed by atoms with Gasteiger partial charge in [0.1, 0.15) is 18.1 Å². The molecule has 0 aliphatic rings. The van der Waals surface area contributed by atoms with E-state index in [2.05, 4.69) is 21.3 Å². The number of aliphatic carboxylic acids is 1. The molecule has 35 heavy (non-hydrogen) atoms. The van der Waals surface area contributed by atoms with E-state index < -0.39 is 84.8 Å². The lowest BCUT2D eigenvalue weighted by Gasteiger charge is -2.27. The lowest BCUT2D eigenvalue weighted by atomic mass is 9.98. The van der Waals surface area contributed by atoms with Gasteiger partial charge in [-0.05, 0) is 19.8 Å². The van der Waals surface area contributed by atoms with E-state index in [4.69, 9.17) is 10.8 Å². The van der Waals surface area contributed by atoms with Crippen molar-refractivity contribution in [2.75, 3.05) is 19.7 Å². The molecule has 0 aromatic carbocycles. The van der Waals surface area contributed by atoms with Crippen LogP contribution in [0.1, 0.15) is 34.1 Å². The minimum absolute atomic E-state index is 0.313. The molecule has 0 radical (unpaired) electrons. The average Bonchev–Trinajstić information content (AvgIpc) is 2.80. The monoisotopic (exact) mass is 504 g/mol. The summed E-state index contributed by atoms with van der Waals surface area (Å²) in [6.45, 7) is 4.22. The summed E-state index contributed by atoms with van der Waals surface area (Å²) in [6.07, 6.45) is -1.01. The summed E-state index contributed by atoms with van der Waals surface area (Å²) < 4.78 is 0. The van der Waals surface area contributed by atoms with Crippen LogP contribution >= 0.6 is 0 Å². The van der Waals surface area contributed by atoms with Crippen LogP contribution in [0.3, 0.4) is 0 Å². The first-order chi connectivity index (χ1) is 16.3. The molecule has 0 saturated heterocycles. The van der Waals surface area contributed by atoms with Gasteiger partial charge in [0.2, 0.25) is 29.5 Å². The van der Waals surface area contributed by atoms with Crippen molar-refractivity contribution in [2.24, 2.45) is 11.7 Å². The average molecular weight is 505 g/mol. The molecular formula is C20H36N6O9. The zero-order valence-corrected chi connectivity index (χ0v) is 20.2. The van der Waals surface area contributed by atoms with Gasteiger partial charge in [-0.1, -0.05) is 20.3 Å². The van der Waals surface area contributed by atoms with E-state index in [0.717, 1.165) is 6.92 Å². The van der Waals surface area contributed by atoms with Crippen LogP contribution in [0.2, 0.25) is 0 Å². The molecule has 200 valence electrons. The van der Waals surface area contributed by atoms with Gasteiger partial charge in [0.05, 0.1) is 25.8 Å². The topological polar surface area (TPSA) is 249 Å². The Morgan fingerprint density at radius 2 is 1.43 bits per heavy atom. The third kappa shape index (κ3) is 11.1. The first-order valence-electron chi connectivity index (χ1n) is 11.0. The molecule has 0 unspecified atom stereocenters. The molecule has 5 amide bonds. The zero-order valence-electron chi connectivity index (χ0n) is 20.2. The number of hydrogen-bond donors (Lipinski definition) is 9. The molecule has 0 aliphatic carbocycles. The second kappa shape index (κ2) is 15.6. The Morgan fingerprint density at radius 3 is 1.89 bits per heavy atom. The van der Waals surface area contributed by atoms with E-state index in [9.17, 15) is 39.0 Å². The molecule has 0 saturated carbocycles. The Kier molecular flexibility index (Phi) is 14.1. The van der Waals surface area contributed by atoms with Crippen LogP contribution in [-0.4, -0.2) is 101 Å². The molecular weight excluding hydrogens is 468 g/mol. The van der Waals surface area contributed by atoms with Crippen LogP contribution < -0.4 is 32.3 Å². The van der Waals surface area contributed by atoms with Crippen LogP contribution in [-0.2, 0) is 28.8 Å². The molecule has 0 fully saturated rings. The van der Waals surface area contributed by atoms with E-state index in [1.807, 2.05) is 5.32 Å². The van der Waals surface area contributed by atoms with E-state index >= 15 is 0 Å². The van der Waals surface area contributed by atoms with Crippen molar-refractivity contribution < 1.29 is 44.1 Å². The number of nitrogens with two attached hydrogens (primary N) is 1. The highest BCUT2D eigenvalue weighted by atomic mass is 16.4. The number of carbonyl (C=O) groups excluding carboxylic acids is 5. The Balaban J connectivity index is 5.16. The third-order valence-electron chi connectivity index (χ3n) is 5.05. The lowest BCUT2D eigenvalue weighted by molar-refractivity contribution is -0.145. The molecule has 0 rings (SSSR count). The van der Waals surface area contributed by atoms with Crippen LogP contribution in [0.4, 0.5) is 0 Å². The Labute approximate surface area is 202 Å². The summed E-state index contributed by atoms with van der Waals surface area (Å²) in [7, 11) is 0. The molecule has 0 aromatic heterocycles. The van der Waals surface area contributed by atoms with Crippen LogP contribution in [0.15, 0.2) is 0 Å². The molecule has 0 aliphatic heterocycles. The highest BCUT2D eigenvalue weighted by Gasteiger charge is 2.32. The number of nitrogens with one attached hydrogen (secondary N) is 5. The fourth-order valence-corrected chi connectivity index (χ4v) is 2.71. The Hall–Kier alpha value is -3.30. The molecule has 0 heterocycles. The smallest absolute Gasteiger partial charge is 0.328 e. The van der Waals surface area contributed by atoms with E-state index in [1.165, 1.54) is 6.92 Å². The summed E-state index contributed by atoms with van der Waals surface area (Å²) in [5.74, 6) is -5.78. The van der Waals surface area contributed by atoms with Crippen molar-refractivity contribution >= 4 is 35.5 Å². The number of aliphatic hydroxyl groups is 2. The summed E-state index contributed by atoms with van der Waals surface area (Å²) in [4.78, 5) is 71.8. The van der Waals surface area contributed by atoms with Crippen LogP contribution in [0, 0.1) is 5.92 Å². The minimum atomic E-state index is -1.67. The predicted molar refractivity (Wildman–Crippen MR) is 121 cm³/mol. The summed E-state index contributed by atoms with van der Waals surface area (Å²) in [5, 5.41) is 39.4. The molecule has 15 nitrogen and oxygen atoms in total. The molecule has 0 aromatic rings. The molecule has 6 atom stereocenters. The SMILES string of the molecule is CC[C@H](C)[C@H](NC(=O)CNC(=O)[C@H](C)NC(=O)CN)C(=O)N[C@@H](CO)C(=O)N[C@H](C(=O)O)[C@@H](C)O. The van der Waals surface area contributed by atoms with E-state index in [-0.39, 0.29) is 6.54 Å². The third-order valence-corrected chi connectivity index (χ3v) is 5.05. The van der Waals surface area contributed by atoms with Crippen molar-refractivity contribution in [3.63, 3.8) is 0 Å². The van der Waals surface area contributed by atoms with Gasteiger partial charge in [-0.3, -0.25) is 24.0 Å². The fraction of sp³-hybridized carbons (Fsp3) is 0.700. The summed E-state index contributed by atoms with van der Waals surface area (Å²) in [5.41, 5.74) is 5.16. The quantitative estimate of drug-likeness (QED) is 0.103. The second-order valence-corrected chi connectivity index (χ2v) is 7.95. The van der Waals surface area contributed by atoms with E-state index in [1.54, 1.807) is 13.8 Å². The van der Waals surface area contributed by atoms with Gasteiger partial charge in [-0.25, -0.2) is 4.79 Å². The van der Waals surface area contributed by atoms with Crippen molar-refractivity contribution in [1.29, 1.82) is 0 Å². The number of aliphatic hydroxyl groups excluding tert-OH is 2. The summed E-state index contributed by atoms with van der Waals surface area (Å²) >= 11 is 0. The van der Waals surface area contributed by atoms with Gasteiger partial charge in [0.15, 0.2) is 6.04 Å². The standard InChI is InChI=1S/C20H36N6O9/c1-5-9(2)15(25-14(30)7-22-17(31)10(3)23-13(29)6-21)19(33)24-12(8-27)18(32)26-16(11(4)28)20(34)35/h9-12,15-16,27-28H,5-8,21H2,1-4H3,(H,22,31)(H,23,29)(H,24,33)(H,25,30)(H,26,32)(H,34,35)/t9-,10-,11+,12-,15-,16-/m0/s1. The Bertz CT molecular complexity index is 776. The minimum Gasteiger partial charge on any atom is -0.480 e. The van der Waals surface area contributed by atoms with Gasteiger partial charge in [0.25, 0.3) is 0 Å². The van der Waals surface area contributed by atoms with Gasteiger partial charge in [0, 0.05) is 0 Å². The first-order valence-corrected chi connectivity index (χ1v) is 11.0. The van der Waals surface area contributed by atoms with Crippen molar-refractivity contribution in [3.8, 4) is 0 Å². The number of hydrogen-bond acceptors (Lipinski definition) is 9. The second-order valence-electron chi connectivity index (χ2n) is 7.95. The van der Waals surface area contributed by atoms with Crippen molar-refractivity contribution in [2.45, 2.75) is 64.4 Å². The maximum atomic E-state index is 12.8. The highest BCUT2D eigenvalue weighted by Crippen LogP contribution is 2.08. The largest absolute Gasteiger partial charge is 0.480 e. The molecule has 10 N–H and O–H groups in total. The maximum Gasteiger partial charge on any atom is 0.328 e. The van der Waals surface area contributed by atoms with Crippen LogP contribution in [0.5, 0.6) is 0 Å². The number of carbonyl (C=O) groups is 6. The van der Waals surface area contributed by atoms with Crippen LogP contribution in [0.25, 0.3) is 0 Å². The maximum absolute atomic E-state index is 12.8. The number of amides is 5. The van der Waals surface area contributed by atoms with E-state index in [0.29, 0.717) is 6.42 Å². The number of carboxylic acid groups (broad SMARTS) is 1. The normalized spacial score (nSPS) is 15.9. The fourth-order valence-electron chi connectivity index (χ4n) is 2.71. The first kappa shape index (κ1) is 31.7. The van der Waals surface area contributed by atoms with Gasteiger partial charge in [-0.2, -0.15) is 0 Å². The Morgan fingerprint density at radius 1 is 0.829 bits per heavy atom. The van der Waals surface area contributed by atoms with Crippen molar-refractivity contribution in [3.05, 3.63) is 0 Å². The molecule has 15 heteroatoms.